The van der Waals surface area contributed by atoms with Crippen molar-refractivity contribution in [3.05, 3.63) is 0 Å². The Morgan fingerprint density at radius 1 is 1.04 bits per heavy atom. The molecular weight excluding hydrogens is 316 g/mol. The zero-order valence-corrected chi connectivity index (χ0v) is 15.6. The third kappa shape index (κ3) is 13.3. The summed E-state index contributed by atoms with van der Waals surface area (Å²) in [5.41, 5.74) is 0. The fraction of sp³-hybridized carbons (Fsp3) is 0.882. The summed E-state index contributed by atoms with van der Waals surface area (Å²) in [5.74, 6) is -2.61. The van der Waals surface area contributed by atoms with Crippen molar-refractivity contribution in [2.75, 3.05) is 20.8 Å². The van der Waals surface area contributed by atoms with Gasteiger partial charge in [-0.2, -0.15) is 0 Å². The molecule has 3 atom stereocenters. The van der Waals surface area contributed by atoms with E-state index in [1.54, 1.807) is 21.1 Å². The maximum Gasteiger partial charge on any atom is 0.317 e. The summed E-state index contributed by atoms with van der Waals surface area (Å²) in [6.07, 6.45) is 2.30. The Morgan fingerprint density at radius 3 is 2.04 bits per heavy atom. The third-order valence-corrected chi connectivity index (χ3v) is 3.11. The van der Waals surface area contributed by atoms with E-state index < -0.39 is 30.8 Å². The van der Waals surface area contributed by atoms with Gasteiger partial charge >= 0.3 is 11.9 Å². The number of aliphatic hydroxyl groups is 2. The predicted molar refractivity (Wildman–Crippen MR) is 90.2 cm³/mol. The van der Waals surface area contributed by atoms with Crippen molar-refractivity contribution in [1.82, 2.24) is 0 Å². The smallest absolute Gasteiger partial charge is 0.317 e. The molecule has 0 aromatic heterocycles. The topological polar surface area (TPSA) is 102 Å². The quantitative estimate of drug-likeness (QED) is 0.434. The molecule has 0 aliphatic carbocycles. The number of methoxy groups -OCH3 is 1. The molecule has 7 nitrogen and oxygen atoms in total. The van der Waals surface area contributed by atoms with Gasteiger partial charge in [0, 0.05) is 20.6 Å². The molecule has 0 aromatic carbocycles. The number of rotatable bonds is 11. The van der Waals surface area contributed by atoms with Gasteiger partial charge in [0.05, 0.1) is 12.7 Å². The van der Waals surface area contributed by atoms with E-state index in [1.165, 1.54) is 0 Å². The number of ether oxygens (including phenoxy) is 3. The maximum atomic E-state index is 11.9. The highest BCUT2D eigenvalue weighted by Crippen LogP contribution is 2.13. The lowest BCUT2D eigenvalue weighted by molar-refractivity contribution is -0.191. The highest BCUT2D eigenvalue weighted by molar-refractivity contribution is 5.74. The highest BCUT2D eigenvalue weighted by atomic mass is 16.6. The van der Waals surface area contributed by atoms with Crippen molar-refractivity contribution in [3.8, 4) is 0 Å². The monoisotopic (exact) mass is 350 g/mol. The van der Waals surface area contributed by atoms with Gasteiger partial charge < -0.3 is 24.4 Å². The van der Waals surface area contributed by atoms with E-state index in [0.29, 0.717) is 12.8 Å². The molecule has 0 radical (unpaired) electrons. The second-order valence-corrected chi connectivity index (χ2v) is 5.57. The summed E-state index contributed by atoms with van der Waals surface area (Å²) in [6, 6.07) is 0. The summed E-state index contributed by atoms with van der Waals surface area (Å²) in [6.45, 7) is 5.07. The van der Waals surface area contributed by atoms with Crippen LogP contribution < -0.4 is 0 Å². The molecule has 0 aliphatic heterocycles. The summed E-state index contributed by atoms with van der Waals surface area (Å²) >= 11 is 0. The Bertz CT molecular complexity index is 320. The molecule has 0 bridgehead atoms. The van der Waals surface area contributed by atoms with Crippen LogP contribution in [0.15, 0.2) is 0 Å². The highest BCUT2D eigenvalue weighted by Gasteiger charge is 2.31. The van der Waals surface area contributed by atoms with E-state index in [4.69, 9.17) is 9.47 Å². The summed E-state index contributed by atoms with van der Waals surface area (Å²) in [4.78, 5) is 23.3. The average molecular weight is 350 g/mol. The number of unbranched alkanes of at least 4 members (excludes halogenated alkanes) is 2. The standard InChI is InChI=1S/C15H28O6.C2H6O/c1-4-6-8-11(3)20-14(18)12(10-16)15(19)21-13(17)9-7-5-2;1-3-2/h11-12,15-16,19H,4-10H2,1-3H3;1-2H3. The fourth-order valence-corrected chi connectivity index (χ4v) is 1.71. The van der Waals surface area contributed by atoms with Gasteiger partial charge in [0.15, 0.2) is 0 Å². The minimum absolute atomic E-state index is 0.174. The second-order valence-electron chi connectivity index (χ2n) is 5.57. The molecule has 0 saturated carbocycles. The van der Waals surface area contributed by atoms with Gasteiger partial charge in [-0.15, -0.1) is 0 Å². The van der Waals surface area contributed by atoms with E-state index in [9.17, 15) is 19.8 Å². The fourth-order valence-electron chi connectivity index (χ4n) is 1.71. The van der Waals surface area contributed by atoms with Gasteiger partial charge in [-0.1, -0.05) is 33.1 Å². The van der Waals surface area contributed by atoms with Crippen molar-refractivity contribution in [2.45, 2.75) is 71.7 Å². The van der Waals surface area contributed by atoms with E-state index in [2.05, 4.69) is 4.74 Å². The van der Waals surface area contributed by atoms with Crippen LogP contribution in [0.2, 0.25) is 0 Å². The zero-order chi connectivity index (χ0) is 19.0. The van der Waals surface area contributed by atoms with Gasteiger partial charge in [-0.05, 0) is 19.8 Å². The second kappa shape index (κ2) is 16.7. The van der Waals surface area contributed by atoms with Crippen LogP contribution in [-0.2, 0) is 23.8 Å². The van der Waals surface area contributed by atoms with Gasteiger partial charge in [0.2, 0.25) is 6.29 Å². The van der Waals surface area contributed by atoms with Crippen LogP contribution in [-0.4, -0.2) is 55.4 Å². The number of aliphatic hydroxyl groups excluding tert-OH is 2. The molecule has 0 fully saturated rings. The Morgan fingerprint density at radius 2 is 1.58 bits per heavy atom. The molecule has 144 valence electrons. The first-order valence-corrected chi connectivity index (χ1v) is 8.46. The van der Waals surface area contributed by atoms with Crippen LogP contribution in [0.3, 0.4) is 0 Å². The largest absolute Gasteiger partial charge is 0.462 e. The lowest BCUT2D eigenvalue weighted by Crippen LogP contribution is -2.37. The van der Waals surface area contributed by atoms with E-state index in [0.717, 1.165) is 19.3 Å². The van der Waals surface area contributed by atoms with Gasteiger partial charge in [0.1, 0.15) is 5.92 Å². The van der Waals surface area contributed by atoms with E-state index >= 15 is 0 Å². The minimum atomic E-state index is -1.68. The van der Waals surface area contributed by atoms with E-state index in [-0.39, 0.29) is 12.5 Å². The summed E-state index contributed by atoms with van der Waals surface area (Å²) < 4.78 is 14.1. The molecular formula is C17H34O7. The van der Waals surface area contributed by atoms with Gasteiger partial charge in [-0.3, -0.25) is 9.59 Å². The molecule has 0 rings (SSSR count). The molecule has 2 N–H and O–H groups in total. The maximum absolute atomic E-state index is 11.9. The molecule has 24 heavy (non-hydrogen) atoms. The van der Waals surface area contributed by atoms with Crippen molar-refractivity contribution in [2.24, 2.45) is 5.92 Å². The minimum Gasteiger partial charge on any atom is -0.462 e. The molecule has 3 unspecified atom stereocenters. The average Bonchev–Trinajstić information content (AvgIpc) is 2.52. The van der Waals surface area contributed by atoms with Gasteiger partial charge in [-0.25, -0.2) is 0 Å². The lowest BCUT2D eigenvalue weighted by Gasteiger charge is -2.22. The zero-order valence-electron chi connectivity index (χ0n) is 15.6. The van der Waals surface area contributed by atoms with Crippen LogP contribution in [0.1, 0.15) is 59.3 Å². The predicted octanol–water partition coefficient (Wildman–Crippen LogP) is 2.03. The Balaban J connectivity index is 0. The first kappa shape index (κ1) is 25.1. The number of hydrogen-bond donors (Lipinski definition) is 2. The van der Waals surface area contributed by atoms with Crippen molar-refractivity contribution in [3.63, 3.8) is 0 Å². The lowest BCUT2D eigenvalue weighted by atomic mass is 10.1. The number of carbonyl (C=O) groups excluding carboxylic acids is 2. The van der Waals surface area contributed by atoms with Crippen LogP contribution in [0.5, 0.6) is 0 Å². The molecule has 0 amide bonds. The van der Waals surface area contributed by atoms with Crippen molar-refractivity contribution < 1.29 is 34.0 Å². The van der Waals surface area contributed by atoms with Crippen LogP contribution in [0.25, 0.3) is 0 Å². The molecule has 0 aliphatic rings. The molecule has 0 saturated heterocycles. The third-order valence-electron chi connectivity index (χ3n) is 3.11. The summed E-state index contributed by atoms with van der Waals surface area (Å²) in [7, 11) is 3.25. The first-order chi connectivity index (χ1) is 11.4. The Hall–Kier alpha value is -1.18. The molecule has 0 aromatic rings. The van der Waals surface area contributed by atoms with E-state index in [1.807, 2.05) is 13.8 Å². The summed E-state index contributed by atoms with van der Waals surface area (Å²) in [5, 5.41) is 18.9. The Labute approximate surface area is 145 Å². The number of esters is 2. The van der Waals surface area contributed by atoms with Crippen molar-refractivity contribution >= 4 is 11.9 Å². The van der Waals surface area contributed by atoms with Crippen LogP contribution in [0, 0.1) is 5.92 Å². The SMILES string of the molecule is CCCCC(=O)OC(O)C(CO)C(=O)OC(C)CCCC.COC. The molecule has 0 spiro atoms. The van der Waals surface area contributed by atoms with Crippen molar-refractivity contribution in [1.29, 1.82) is 0 Å². The number of carbonyl (C=O) groups is 2. The van der Waals surface area contributed by atoms with Crippen LogP contribution in [0.4, 0.5) is 0 Å². The molecule has 0 heterocycles. The Kier molecular flexibility index (Phi) is 17.4. The number of hydrogen-bond acceptors (Lipinski definition) is 7. The normalized spacial score (nSPS) is 14.0. The van der Waals surface area contributed by atoms with Crippen LogP contribution >= 0.6 is 0 Å². The van der Waals surface area contributed by atoms with Gasteiger partial charge in [0.25, 0.3) is 0 Å². The molecule has 7 heteroatoms. The first-order valence-electron chi connectivity index (χ1n) is 8.46.